The van der Waals surface area contributed by atoms with Crippen LogP contribution in [-0.2, 0) is 14.3 Å². The van der Waals surface area contributed by atoms with Crippen LogP contribution in [0.2, 0.25) is 0 Å². The summed E-state index contributed by atoms with van der Waals surface area (Å²) in [5, 5.41) is 0. The summed E-state index contributed by atoms with van der Waals surface area (Å²) in [7, 11) is -7.51. The molecule has 0 amide bonds. The quantitative estimate of drug-likeness (QED) is 0.131. The normalized spacial score (nSPS) is 16.7. The van der Waals surface area contributed by atoms with Crippen LogP contribution < -0.4 is 0 Å². The Labute approximate surface area is 197 Å². The molecule has 0 atom stereocenters. The standard InChI is InChI=1S/C12H3F23O3S/c13-2(14)4(17,18)6(21,22)8(25,26)10(29,30)11(31,32)9(27,28)7(23,24)5(19,20)3(15,16)1-38-39(36,37)12(33,34)35/h2H,1H2. The van der Waals surface area contributed by atoms with E-state index >= 15 is 0 Å². The van der Waals surface area contributed by atoms with Crippen molar-refractivity contribution in [2.75, 3.05) is 6.61 Å². The minimum absolute atomic E-state index is 2.09. The molecule has 0 aromatic carbocycles. The fraction of sp³-hybridized carbons (Fsp3) is 1.00. The number of halogens is 23. The van der Waals surface area contributed by atoms with Crippen molar-refractivity contribution in [3.8, 4) is 0 Å². The monoisotopic (exact) mass is 664 g/mol. The van der Waals surface area contributed by atoms with Crippen molar-refractivity contribution in [2.45, 2.75) is 65.2 Å². The summed E-state index contributed by atoms with van der Waals surface area (Å²) < 4.78 is 321. The van der Waals surface area contributed by atoms with Crippen molar-refractivity contribution in [3.05, 3.63) is 0 Å². The van der Waals surface area contributed by atoms with Gasteiger partial charge in [0.15, 0.2) is 0 Å². The van der Waals surface area contributed by atoms with Gasteiger partial charge in [0.25, 0.3) is 0 Å². The molecule has 0 heterocycles. The van der Waals surface area contributed by atoms with Gasteiger partial charge in [-0.15, -0.1) is 0 Å². The molecule has 0 aliphatic heterocycles. The molecule has 0 spiro atoms. The second-order valence-electron chi connectivity index (χ2n) is 6.81. The van der Waals surface area contributed by atoms with E-state index in [0.29, 0.717) is 0 Å². The van der Waals surface area contributed by atoms with E-state index in [9.17, 15) is 109 Å². The predicted molar refractivity (Wildman–Crippen MR) is 71.5 cm³/mol. The van der Waals surface area contributed by atoms with E-state index in [2.05, 4.69) is 4.18 Å². The van der Waals surface area contributed by atoms with Crippen LogP contribution in [-0.4, -0.2) is 80.3 Å². The van der Waals surface area contributed by atoms with Gasteiger partial charge in [0.05, 0.1) is 0 Å². The van der Waals surface area contributed by atoms with E-state index in [0.717, 1.165) is 0 Å². The van der Waals surface area contributed by atoms with Crippen molar-refractivity contribution in [3.63, 3.8) is 0 Å². The third kappa shape index (κ3) is 5.01. The molecule has 0 bridgehead atoms. The Hall–Kier alpha value is -1.70. The van der Waals surface area contributed by atoms with Crippen molar-refractivity contribution in [1.82, 2.24) is 0 Å². The topological polar surface area (TPSA) is 43.4 Å². The molecule has 0 radical (unpaired) electrons. The molecule has 236 valence electrons. The Bertz CT molecular complexity index is 992. The van der Waals surface area contributed by atoms with Gasteiger partial charge in [-0.2, -0.15) is 101 Å². The molecule has 0 aromatic heterocycles. The summed E-state index contributed by atoms with van der Waals surface area (Å²) in [6, 6.07) is 0. The van der Waals surface area contributed by atoms with E-state index in [4.69, 9.17) is 0 Å². The maximum Gasteiger partial charge on any atom is 0.523 e. The van der Waals surface area contributed by atoms with E-state index in [1.165, 1.54) is 0 Å². The second-order valence-corrected chi connectivity index (χ2v) is 8.42. The van der Waals surface area contributed by atoms with Crippen LogP contribution in [0.4, 0.5) is 101 Å². The van der Waals surface area contributed by atoms with Gasteiger partial charge in [-0.1, -0.05) is 0 Å². The average molecular weight is 664 g/mol. The van der Waals surface area contributed by atoms with Crippen LogP contribution in [0, 0.1) is 0 Å². The van der Waals surface area contributed by atoms with Crippen LogP contribution in [0.1, 0.15) is 0 Å². The minimum Gasteiger partial charge on any atom is -0.257 e. The highest BCUT2D eigenvalue weighted by atomic mass is 32.2. The molecular formula is C12H3F23O3S. The molecular weight excluding hydrogens is 661 g/mol. The minimum atomic E-state index is -9.31. The zero-order valence-electron chi connectivity index (χ0n) is 16.6. The maximum atomic E-state index is 13.5. The third-order valence-electron chi connectivity index (χ3n) is 4.20. The lowest BCUT2D eigenvalue weighted by atomic mass is 9.86. The third-order valence-corrected chi connectivity index (χ3v) is 5.19. The van der Waals surface area contributed by atoms with Crippen LogP contribution in [0.3, 0.4) is 0 Å². The van der Waals surface area contributed by atoms with E-state index in [1.807, 2.05) is 0 Å². The molecule has 0 aromatic rings. The first-order valence-corrected chi connectivity index (χ1v) is 9.45. The van der Waals surface area contributed by atoms with Crippen molar-refractivity contribution < 1.29 is 114 Å². The second kappa shape index (κ2) is 9.42. The SMILES string of the molecule is O=S(=O)(OCC(F)(F)C(F)(F)C(F)(F)C(F)(F)C(F)(F)C(F)(F)C(F)(F)C(F)(F)C(F)(F)C(F)F)C(F)(F)F. The lowest BCUT2D eigenvalue weighted by molar-refractivity contribution is -0.465. The summed E-state index contributed by atoms with van der Waals surface area (Å²) >= 11 is 0. The zero-order valence-corrected chi connectivity index (χ0v) is 17.4. The molecule has 0 aliphatic carbocycles. The van der Waals surface area contributed by atoms with Gasteiger partial charge in [-0.05, 0) is 0 Å². The molecule has 27 heteroatoms. The van der Waals surface area contributed by atoms with Crippen molar-refractivity contribution >= 4 is 10.1 Å². The Morgan fingerprint density at radius 1 is 0.462 bits per heavy atom. The lowest BCUT2D eigenvalue weighted by Crippen LogP contribution is -2.76. The van der Waals surface area contributed by atoms with Crippen LogP contribution in [0.15, 0.2) is 0 Å². The molecule has 0 saturated carbocycles. The first-order chi connectivity index (χ1) is 16.4. The first-order valence-electron chi connectivity index (χ1n) is 8.04. The molecule has 0 aliphatic rings. The molecule has 39 heavy (non-hydrogen) atoms. The first kappa shape index (κ1) is 37.3. The molecule has 0 saturated heterocycles. The van der Waals surface area contributed by atoms with E-state index in [1.54, 1.807) is 0 Å². The summed E-state index contributed by atoms with van der Waals surface area (Å²) in [6.45, 7) is -4.34. The van der Waals surface area contributed by atoms with E-state index in [-0.39, 0.29) is 0 Å². The van der Waals surface area contributed by atoms with Gasteiger partial charge >= 0.3 is 75.4 Å². The summed E-state index contributed by atoms with van der Waals surface area (Å²) in [5.41, 5.74) is -6.85. The van der Waals surface area contributed by atoms with Crippen LogP contribution >= 0.6 is 0 Å². The highest BCUT2D eigenvalue weighted by Crippen LogP contribution is 2.65. The van der Waals surface area contributed by atoms with Crippen LogP contribution in [0.25, 0.3) is 0 Å². The highest BCUT2D eigenvalue weighted by Gasteiger charge is 2.96. The van der Waals surface area contributed by atoms with Gasteiger partial charge < -0.3 is 0 Å². The summed E-state index contributed by atoms with van der Waals surface area (Å²) in [6.07, 6.45) is -6.22. The smallest absolute Gasteiger partial charge is 0.257 e. The fourth-order valence-electron chi connectivity index (χ4n) is 1.87. The van der Waals surface area contributed by atoms with Gasteiger partial charge in [-0.25, -0.2) is 8.78 Å². The highest BCUT2D eigenvalue weighted by molar-refractivity contribution is 7.87. The lowest BCUT2D eigenvalue weighted by Gasteiger charge is -2.44. The zero-order chi connectivity index (χ0) is 32.5. The fourth-order valence-corrected chi connectivity index (χ4v) is 2.31. The Kier molecular flexibility index (Phi) is 9.01. The summed E-state index contributed by atoms with van der Waals surface area (Å²) in [4.78, 5) is 0. The Balaban J connectivity index is 6.90. The van der Waals surface area contributed by atoms with Gasteiger partial charge in [-0.3, -0.25) is 4.18 Å². The molecule has 3 nitrogen and oxygen atoms in total. The molecule has 0 rings (SSSR count). The number of hydrogen-bond acceptors (Lipinski definition) is 3. The molecule has 0 unspecified atom stereocenters. The average Bonchev–Trinajstić information content (AvgIpc) is 2.70. The van der Waals surface area contributed by atoms with Crippen molar-refractivity contribution in [1.29, 1.82) is 0 Å². The van der Waals surface area contributed by atoms with Gasteiger partial charge in [0.2, 0.25) is 0 Å². The summed E-state index contributed by atoms with van der Waals surface area (Å²) in [5.74, 6) is -78.5. The van der Waals surface area contributed by atoms with Crippen molar-refractivity contribution in [2.24, 2.45) is 0 Å². The van der Waals surface area contributed by atoms with Gasteiger partial charge in [0.1, 0.15) is 6.61 Å². The molecule has 0 N–H and O–H groups in total. The number of rotatable bonds is 12. The number of hydrogen-bond donors (Lipinski definition) is 0. The van der Waals surface area contributed by atoms with E-state index < -0.39 is 82.0 Å². The Morgan fingerprint density at radius 3 is 0.974 bits per heavy atom. The Morgan fingerprint density at radius 2 is 0.718 bits per heavy atom. The predicted octanol–water partition coefficient (Wildman–Crippen LogP) is 6.84. The van der Waals surface area contributed by atoms with Gasteiger partial charge in [0, 0.05) is 0 Å². The van der Waals surface area contributed by atoms with Crippen LogP contribution in [0.5, 0.6) is 0 Å². The number of alkyl halides is 23. The maximum absolute atomic E-state index is 13.5. The molecule has 0 fully saturated rings. The largest absolute Gasteiger partial charge is 0.523 e.